The first kappa shape index (κ1) is 22.5. The summed E-state index contributed by atoms with van der Waals surface area (Å²) in [5, 5.41) is 5.01. The minimum absolute atomic E-state index is 0.176. The van der Waals surface area contributed by atoms with Crippen LogP contribution in [0.1, 0.15) is 46.3 Å². The van der Waals surface area contributed by atoms with Gasteiger partial charge < -0.3 is 4.74 Å². The molecule has 2 saturated heterocycles. The molecule has 0 saturated carbocycles. The molecule has 0 aliphatic carbocycles. The number of imide groups is 1. The molecule has 0 spiro atoms. The Morgan fingerprint density at radius 3 is 2.53 bits per heavy atom. The Labute approximate surface area is 207 Å². The minimum atomic E-state index is -0.557. The number of allylic oxidation sites excluding steroid dienone is 2. The number of ether oxygens (including phenoxy) is 1. The van der Waals surface area contributed by atoms with Crippen molar-refractivity contribution in [3.05, 3.63) is 82.4 Å². The van der Waals surface area contributed by atoms with Gasteiger partial charge in [0.2, 0.25) is 5.91 Å². The SMILES string of the molecule is O=C1CCN(N2Cc3cc(CN4CCC(=C5C=COc6cc(F)ccc65)CC4)ccc3C2=O)C(=O)N1. The summed E-state index contributed by atoms with van der Waals surface area (Å²) in [4.78, 5) is 38.9. The fraction of sp³-hybridized carbons (Fsp3) is 0.296. The summed E-state index contributed by atoms with van der Waals surface area (Å²) in [6.07, 6.45) is 5.59. The van der Waals surface area contributed by atoms with E-state index in [-0.39, 0.29) is 30.6 Å². The van der Waals surface area contributed by atoms with E-state index in [1.807, 2.05) is 24.3 Å². The summed E-state index contributed by atoms with van der Waals surface area (Å²) in [7, 11) is 0. The van der Waals surface area contributed by atoms with Crippen LogP contribution in [0.5, 0.6) is 5.75 Å². The van der Waals surface area contributed by atoms with Crippen molar-refractivity contribution in [3.63, 3.8) is 0 Å². The van der Waals surface area contributed by atoms with Gasteiger partial charge in [0, 0.05) is 43.2 Å². The van der Waals surface area contributed by atoms with Crippen LogP contribution < -0.4 is 10.1 Å². The molecule has 0 radical (unpaired) electrons. The predicted molar refractivity (Wildman–Crippen MR) is 129 cm³/mol. The fourth-order valence-electron chi connectivity index (χ4n) is 5.34. The van der Waals surface area contributed by atoms with Crippen LogP contribution in [-0.2, 0) is 17.9 Å². The van der Waals surface area contributed by atoms with Gasteiger partial charge in [-0.25, -0.2) is 19.2 Å². The summed E-state index contributed by atoms with van der Waals surface area (Å²) >= 11 is 0. The molecule has 0 atom stereocenters. The molecule has 8 nitrogen and oxygen atoms in total. The largest absolute Gasteiger partial charge is 0.464 e. The van der Waals surface area contributed by atoms with Crippen LogP contribution in [0.3, 0.4) is 0 Å². The zero-order valence-corrected chi connectivity index (χ0v) is 19.6. The number of benzene rings is 2. The average molecular weight is 489 g/mol. The lowest BCUT2D eigenvalue weighted by atomic mass is 9.91. The number of fused-ring (bicyclic) bond motifs is 2. The maximum absolute atomic E-state index is 13.6. The van der Waals surface area contributed by atoms with Crippen molar-refractivity contribution in [1.29, 1.82) is 0 Å². The van der Waals surface area contributed by atoms with Crippen molar-refractivity contribution in [2.75, 3.05) is 19.6 Å². The van der Waals surface area contributed by atoms with Crippen LogP contribution >= 0.6 is 0 Å². The van der Waals surface area contributed by atoms with Crippen molar-refractivity contribution in [1.82, 2.24) is 20.2 Å². The van der Waals surface area contributed by atoms with Crippen molar-refractivity contribution in [2.24, 2.45) is 0 Å². The first-order chi connectivity index (χ1) is 17.5. The second-order valence-electron chi connectivity index (χ2n) is 9.44. The summed E-state index contributed by atoms with van der Waals surface area (Å²) in [5.41, 5.74) is 5.99. The molecule has 0 aromatic heterocycles. The van der Waals surface area contributed by atoms with Crippen molar-refractivity contribution >= 4 is 23.4 Å². The van der Waals surface area contributed by atoms with Gasteiger partial charge in [-0.05, 0) is 53.8 Å². The molecule has 2 aromatic carbocycles. The average Bonchev–Trinajstić information content (AvgIpc) is 3.19. The zero-order chi connectivity index (χ0) is 24.8. The van der Waals surface area contributed by atoms with Gasteiger partial charge in [0.05, 0.1) is 19.4 Å². The molecule has 0 unspecified atom stereocenters. The Morgan fingerprint density at radius 2 is 1.72 bits per heavy atom. The van der Waals surface area contributed by atoms with E-state index in [1.165, 1.54) is 27.7 Å². The number of halogens is 1. The summed E-state index contributed by atoms with van der Waals surface area (Å²) in [6, 6.07) is 9.96. The molecule has 184 valence electrons. The van der Waals surface area contributed by atoms with Crippen molar-refractivity contribution in [3.8, 4) is 5.75 Å². The van der Waals surface area contributed by atoms with E-state index in [4.69, 9.17) is 4.74 Å². The number of carbonyl (C=O) groups is 3. The van der Waals surface area contributed by atoms with Gasteiger partial charge in [-0.1, -0.05) is 17.7 Å². The maximum atomic E-state index is 13.6. The lowest BCUT2D eigenvalue weighted by Crippen LogP contribution is -2.56. The smallest absolute Gasteiger partial charge is 0.342 e. The first-order valence-electron chi connectivity index (χ1n) is 12.1. The molecule has 4 amide bonds. The standard InChI is InChI=1S/C27H25FN4O4/c28-20-2-4-23-21(8-12-36-24(23)14-20)18-5-9-30(10-6-18)15-17-1-3-22-19(13-17)16-32(26(22)34)31-11-7-25(33)29-27(31)35/h1-4,8,12-14H,5-7,9-11,15-16H2,(H,29,33,35). The number of hydrazine groups is 1. The molecule has 2 fully saturated rings. The third kappa shape index (κ3) is 4.05. The maximum Gasteiger partial charge on any atom is 0.342 e. The predicted octanol–water partition coefficient (Wildman–Crippen LogP) is 3.59. The first-order valence-corrected chi connectivity index (χ1v) is 12.1. The van der Waals surface area contributed by atoms with Gasteiger partial charge in [0.25, 0.3) is 5.91 Å². The Morgan fingerprint density at radius 1 is 0.917 bits per heavy atom. The minimum Gasteiger partial charge on any atom is -0.464 e. The molecule has 1 N–H and O–H groups in total. The molecule has 4 heterocycles. The molecule has 0 bridgehead atoms. The van der Waals surface area contributed by atoms with Gasteiger partial charge in [0.1, 0.15) is 11.6 Å². The summed E-state index contributed by atoms with van der Waals surface area (Å²) in [6.45, 7) is 3.07. The number of nitrogens with zero attached hydrogens (tertiary/aromatic N) is 3. The van der Waals surface area contributed by atoms with Crippen LogP contribution in [-0.4, -0.2) is 52.4 Å². The number of rotatable bonds is 3. The second-order valence-corrected chi connectivity index (χ2v) is 9.44. The molecular weight excluding hydrogens is 463 g/mol. The number of hydrogen-bond donors (Lipinski definition) is 1. The molecule has 2 aromatic rings. The van der Waals surface area contributed by atoms with Crippen LogP contribution in [0.15, 0.2) is 54.3 Å². The van der Waals surface area contributed by atoms with Crippen LogP contribution in [0.25, 0.3) is 5.57 Å². The van der Waals surface area contributed by atoms with E-state index in [9.17, 15) is 18.8 Å². The number of amides is 4. The van der Waals surface area contributed by atoms with Gasteiger partial charge in [0.15, 0.2) is 0 Å². The Balaban J connectivity index is 1.12. The number of hydrogen-bond acceptors (Lipinski definition) is 5. The van der Waals surface area contributed by atoms with E-state index in [0.29, 0.717) is 17.9 Å². The highest BCUT2D eigenvalue weighted by Gasteiger charge is 2.37. The summed E-state index contributed by atoms with van der Waals surface area (Å²) in [5.74, 6) is -0.302. The lowest BCUT2D eigenvalue weighted by molar-refractivity contribution is -0.123. The third-order valence-corrected chi connectivity index (χ3v) is 7.19. The topological polar surface area (TPSA) is 82.2 Å². The number of nitrogens with one attached hydrogen (secondary N) is 1. The Hall–Kier alpha value is -3.98. The van der Waals surface area contributed by atoms with E-state index in [2.05, 4.69) is 10.2 Å². The number of piperidine rings is 1. The van der Waals surface area contributed by atoms with Crippen LogP contribution in [0.2, 0.25) is 0 Å². The highest BCUT2D eigenvalue weighted by atomic mass is 19.1. The molecular formula is C27H25FN4O4. The fourth-order valence-corrected chi connectivity index (χ4v) is 5.34. The van der Waals surface area contributed by atoms with Crippen molar-refractivity contribution < 1.29 is 23.5 Å². The van der Waals surface area contributed by atoms with E-state index < -0.39 is 6.03 Å². The van der Waals surface area contributed by atoms with Crippen molar-refractivity contribution in [2.45, 2.75) is 32.4 Å². The molecule has 6 rings (SSSR count). The zero-order valence-electron chi connectivity index (χ0n) is 19.6. The van der Waals surface area contributed by atoms with E-state index in [1.54, 1.807) is 12.3 Å². The van der Waals surface area contributed by atoms with E-state index >= 15 is 0 Å². The number of carbonyl (C=O) groups excluding carboxylic acids is 3. The Bertz CT molecular complexity index is 1340. The van der Waals surface area contributed by atoms with Gasteiger partial charge >= 0.3 is 6.03 Å². The number of likely N-dealkylation sites (tertiary alicyclic amines) is 1. The lowest BCUT2D eigenvalue weighted by Gasteiger charge is -2.33. The monoisotopic (exact) mass is 488 g/mol. The van der Waals surface area contributed by atoms with Gasteiger partial charge in [-0.3, -0.25) is 19.8 Å². The Kier molecular flexibility index (Phi) is 5.56. The molecule has 9 heteroatoms. The normalized spacial score (nSPS) is 19.9. The molecule has 4 aliphatic rings. The van der Waals surface area contributed by atoms with Crippen LogP contribution in [0.4, 0.5) is 9.18 Å². The third-order valence-electron chi connectivity index (χ3n) is 7.19. The van der Waals surface area contributed by atoms with Crippen LogP contribution in [0, 0.1) is 5.82 Å². The summed E-state index contributed by atoms with van der Waals surface area (Å²) < 4.78 is 19.1. The molecule has 4 aliphatic heterocycles. The molecule has 36 heavy (non-hydrogen) atoms. The second kappa shape index (κ2) is 8.91. The highest BCUT2D eigenvalue weighted by molar-refractivity contribution is 6.01. The van der Waals surface area contributed by atoms with Gasteiger partial charge in [-0.15, -0.1) is 0 Å². The highest BCUT2D eigenvalue weighted by Crippen LogP contribution is 2.37. The van der Waals surface area contributed by atoms with E-state index in [0.717, 1.165) is 54.7 Å². The number of urea groups is 1. The quantitative estimate of drug-likeness (QED) is 0.714. The van der Waals surface area contributed by atoms with Gasteiger partial charge in [-0.2, -0.15) is 0 Å².